The molecule has 0 unspecified atom stereocenters. The van der Waals surface area contributed by atoms with E-state index in [1.807, 2.05) is 97.1 Å². The van der Waals surface area contributed by atoms with Gasteiger partial charge in [0.25, 0.3) is 0 Å². The number of hydrogen-bond donors (Lipinski definition) is 0. The summed E-state index contributed by atoms with van der Waals surface area (Å²) < 4.78 is 4.39. The predicted octanol–water partition coefficient (Wildman–Crippen LogP) is 9.42. The van der Waals surface area contributed by atoms with Crippen LogP contribution in [0.25, 0.3) is 65.3 Å². The van der Waals surface area contributed by atoms with E-state index in [0.29, 0.717) is 22.3 Å². The Hall–Kier alpha value is -1.77. The predicted molar refractivity (Wildman–Crippen MR) is 253 cm³/mol. The van der Waals surface area contributed by atoms with Crippen molar-refractivity contribution < 1.29 is 79.6 Å². The van der Waals surface area contributed by atoms with E-state index < -0.39 is 12.2 Å². The summed E-state index contributed by atoms with van der Waals surface area (Å²) in [5.41, 5.74) is 2.00. The molecule has 0 saturated carbocycles. The van der Waals surface area contributed by atoms with Crippen molar-refractivity contribution in [2.45, 2.75) is 39.9 Å². The average molecular weight is 1300 g/mol. The molecule has 8 aromatic rings. The van der Waals surface area contributed by atoms with E-state index in [1.54, 1.807) is 52.0 Å². The van der Waals surface area contributed by atoms with Crippen LogP contribution >= 0.6 is 90.4 Å². The van der Waals surface area contributed by atoms with E-state index in [-0.39, 0.29) is 71.9 Å². The van der Waals surface area contributed by atoms with Crippen LogP contribution < -0.4 is 30.6 Å². The summed E-state index contributed by atoms with van der Waals surface area (Å²) in [6, 6.07) is 37.2. The second kappa shape index (κ2) is 24.2. The summed E-state index contributed by atoms with van der Waals surface area (Å²) in [5, 5.41) is 76.8. The minimum atomic E-state index is -0.417. The van der Waals surface area contributed by atoms with E-state index in [4.69, 9.17) is 0 Å². The van der Waals surface area contributed by atoms with Crippen molar-refractivity contribution >= 4 is 133 Å². The summed E-state index contributed by atoms with van der Waals surface area (Å²) in [6.07, 6.45) is -0.833. The van der Waals surface area contributed by atoms with Crippen molar-refractivity contribution in [3.8, 4) is 45.3 Å². The van der Waals surface area contributed by atoms with Crippen LogP contribution in [-0.4, -0.2) is 12.2 Å². The Morgan fingerprint density at radius 3 is 0.678 bits per heavy atom. The Morgan fingerprint density at radius 1 is 0.339 bits per heavy atom. The van der Waals surface area contributed by atoms with Gasteiger partial charge in [-0.15, -0.1) is 35.2 Å². The third-order valence-corrected chi connectivity index (χ3v) is 11.0. The molecule has 0 aliphatic heterocycles. The van der Waals surface area contributed by atoms with Gasteiger partial charge in [0.05, 0.1) is 0 Å². The van der Waals surface area contributed by atoms with E-state index >= 15 is 0 Å². The SMILES string of the molecule is CC(C)[O-].CC(C)[O-].[O-2].[O-]c1ccc2cc(I)ccc2c1-c1c([O-])ccc2cc(I)ccc12.[O-]c1ccc2cc(I)ccc2c1-c1c([O-])ccc2cc(I)ccc12.[Ti+4].[Ti+4]. The first kappa shape index (κ1) is 53.4. The second-order valence-electron chi connectivity index (χ2n) is 13.3. The van der Waals surface area contributed by atoms with Gasteiger partial charge in [0.1, 0.15) is 0 Å². The van der Waals surface area contributed by atoms with Gasteiger partial charge in [-0.3, -0.25) is 0 Å². The summed E-state index contributed by atoms with van der Waals surface area (Å²) in [7, 11) is 0. The fourth-order valence-corrected chi connectivity index (χ4v) is 8.22. The van der Waals surface area contributed by atoms with Gasteiger partial charge in [0, 0.05) is 14.3 Å². The summed E-state index contributed by atoms with van der Waals surface area (Å²) in [6.45, 7) is 6.44. The van der Waals surface area contributed by atoms with Gasteiger partial charge in [0.15, 0.2) is 0 Å². The third-order valence-electron chi connectivity index (χ3n) is 8.27. The number of hydrogen-bond acceptors (Lipinski definition) is 6. The molecule has 0 N–H and O–H groups in total. The Balaban J connectivity index is 0.000000330. The van der Waals surface area contributed by atoms with E-state index in [1.165, 1.54) is 0 Å². The average Bonchev–Trinajstić information content (AvgIpc) is 3.12. The van der Waals surface area contributed by atoms with Gasteiger partial charge in [-0.1, -0.05) is 100 Å². The first-order chi connectivity index (χ1) is 26.5. The van der Waals surface area contributed by atoms with Crippen molar-refractivity contribution in [1.29, 1.82) is 0 Å². The van der Waals surface area contributed by atoms with E-state index in [0.717, 1.165) is 57.4 Å². The maximum absolute atomic E-state index is 12.6. The first-order valence-electron chi connectivity index (χ1n) is 17.4. The van der Waals surface area contributed by atoms with Gasteiger partial charge in [0.2, 0.25) is 0 Å². The fourth-order valence-electron chi connectivity index (χ4n) is 6.15. The van der Waals surface area contributed by atoms with Gasteiger partial charge < -0.3 is 36.1 Å². The molecule has 0 spiro atoms. The second-order valence-corrected chi connectivity index (χ2v) is 18.3. The Kier molecular flexibility index (Phi) is 21.9. The molecule has 0 saturated heterocycles. The zero-order chi connectivity index (χ0) is 40.8. The molecular weight excluding hydrogens is 1270 g/mol. The zero-order valence-electron chi connectivity index (χ0n) is 32.1. The number of fused-ring (bicyclic) bond motifs is 4. The van der Waals surface area contributed by atoms with Crippen LogP contribution in [0.1, 0.15) is 27.7 Å². The topological polar surface area (TPSA) is 167 Å². The molecule has 0 heterocycles. The van der Waals surface area contributed by atoms with Crippen LogP contribution in [0.2, 0.25) is 0 Å². The minimum absolute atomic E-state index is 0. The Labute approximate surface area is 428 Å². The van der Waals surface area contributed by atoms with Gasteiger partial charge in [-0.2, -0.15) is 0 Å². The normalized spacial score (nSPS) is 10.4. The van der Waals surface area contributed by atoms with Crippen molar-refractivity contribution in [2.24, 2.45) is 0 Å². The molecule has 0 radical (unpaired) electrons. The molecule has 0 bridgehead atoms. The molecule has 0 aliphatic rings. The molecule has 0 fully saturated rings. The molecule has 0 amide bonds. The van der Waals surface area contributed by atoms with Gasteiger partial charge >= 0.3 is 43.4 Å². The van der Waals surface area contributed by atoms with E-state index in [9.17, 15) is 30.6 Å². The summed E-state index contributed by atoms with van der Waals surface area (Å²) in [5.74, 6) is -0.475. The maximum Gasteiger partial charge on any atom is 4.00 e. The maximum atomic E-state index is 12.6. The minimum Gasteiger partial charge on any atom is -2.00 e. The Bertz CT molecular complexity index is 2320. The number of rotatable bonds is 2. The van der Waals surface area contributed by atoms with Crippen LogP contribution in [-0.2, 0) is 48.9 Å². The molecule has 7 nitrogen and oxygen atoms in total. The smallest absolute Gasteiger partial charge is 2.00 e. The first-order valence-corrected chi connectivity index (χ1v) is 21.8. The fraction of sp³-hybridized carbons (Fsp3) is 0.130. The van der Waals surface area contributed by atoms with Crippen LogP contribution in [0.4, 0.5) is 0 Å². The van der Waals surface area contributed by atoms with Crippen molar-refractivity contribution in [3.63, 3.8) is 0 Å². The van der Waals surface area contributed by atoms with Crippen LogP contribution in [0.5, 0.6) is 23.0 Å². The van der Waals surface area contributed by atoms with Crippen molar-refractivity contribution in [1.82, 2.24) is 0 Å². The van der Waals surface area contributed by atoms with Crippen LogP contribution in [0, 0.1) is 14.3 Å². The van der Waals surface area contributed by atoms with Crippen LogP contribution in [0.3, 0.4) is 0 Å². The molecule has 0 atom stereocenters. The monoisotopic (exact) mass is 1300 g/mol. The quantitative estimate of drug-likeness (QED) is 0.124. The third kappa shape index (κ3) is 13.6. The molecule has 8 aromatic carbocycles. The largest absolute Gasteiger partial charge is 4.00 e. The molecule has 13 heteroatoms. The molecule has 59 heavy (non-hydrogen) atoms. The zero-order valence-corrected chi connectivity index (χ0v) is 43.8. The van der Waals surface area contributed by atoms with Gasteiger partial charge in [-0.05, 0) is 204 Å². The standard InChI is InChI=1S/2C20H12I2O2.2C3H7O.O.2Ti/c2*21-13-3-5-15-11(9-13)1-7-17(23)19(15)20-16-6-4-14(22)10-12(16)2-8-18(20)24;2*1-3(2)4;;;/h2*1-10,23-24H;2*3H,1-2H3;;;/q;;2*-1;-2;2*+4/p-4. The van der Waals surface area contributed by atoms with Crippen molar-refractivity contribution in [2.75, 3.05) is 0 Å². The molecule has 296 valence electrons. The molecule has 8 rings (SSSR count). The van der Waals surface area contributed by atoms with Crippen LogP contribution in [0.15, 0.2) is 121 Å². The van der Waals surface area contributed by atoms with Crippen molar-refractivity contribution in [3.05, 3.63) is 136 Å². The van der Waals surface area contributed by atoms with E-state index in [2.05, 4.69) is 90.4 Å². The Morgan fingerprint density at radius 2 is 0.508 bits per heavy atom. The van der Waals surface area contributed by atoms with Gasteiger partial charge in [-0.25, -0.2) is 0 Å². The number of halogens is 4. The molecule has 0 aromatic heterocycles. The summed E-state index contributed by atoms with van der Waals surface area (Å²) in [4.78, 5) is 0. The molecule has 0 aliphatic carbocycles. The number of benzene rings is 8. The molecular formula is C46H34I4O7Ti2. The summed E-state index contributed by atoms with van der Waals surface area (Å²) >= 11 is 8.99.